The lowest BCUT2D eigenvalue weighted by atomic mass is 9.85. The monoisotopic (exact) mass is 279 g/mol. The summed E-state index contributed by atoms with van der Waals surface area (Å²) in [6, 6.07) is 0. The fraction of sp³-hybridized carbons (Fsp3) is 0.733. The molecule has 5 heteroatoms. The van der Waals surface area contributed by atoms with Crippen molar-refractivity contribution in [3.8, 4) is 0 Å². The van der Waals surface area contributed by atoms with E-state index in [9.17, 15) is 9.59 Å². The first-order chi connectivity index (χ1) is 9.25. The van der Waals surface area contributed by atoms with Gasteiger partial charge in [0, 0.05) is 11.8 Å². The molecule has 0 spiro atoms. The van der Waals surface area contributed by atoms with E-state index < -0.39 is 17.1 Å². The van der Waals surface area contributed by atoms with Crippen molar-refractivity contribution in [2.24, 2.45) is 17.3 Å². The Kier molecular flexibility index (Phi) is 2.54. The minimum atomic E-state index is -0.533. The molecule has 2 saturated carbocycles. The Morgan fingerprint density at radius 1 is 1.30 bits per heavy atom. The maximum absolute atomic E-state index is 12.1. The van der Waals surface area contributed by atoms with E-state index in [2.05, 4.69) is 5.32 Å². The van der Waals surface area contributed by atoms with Crippen molar-refractivity contribution in [2.45, 2.75) is 44.8 Å². The van der Waals surface area contributed by atoms with Gasteiger partial charge in [0.25, 0.3) is 0 Å². The van der Waals surface area contributed by atoms with Crippen molar-refractivity contribution < 1.29 is 19.1 Å². The molecular formula is C15H21NO4. The number of rotatable bonds is 2. The van der Waals surface area contributed by atoms with Crippen LogP contribution in [0.1, 0.15) is 33.6 Å². The average Bonchev–Trinajstić information content (AvgIpc) is 2.66. The van der Waals surface area contributed by atoms with Gasteiger partial charge in [0.2, 0.25) is 0 Å². The molecule has 1 N–H and O–H groups in total. The summed E-state index contributed by atoms with van der Waals surface area (Å²) in [4.78, 5) is 24.1. The number of carbonyl (C=O) groups excluding carboxylic acids is 2. The number of amides is 1. The van der Waals surface area contributed by atoms with Gasteiger partial charge in [-0.3, -0.25) is 4.79 Å². The third-order valence-corrected chi connectivity index (χ3v) is 4.81. The molecule has 0 aliphatic heterocycles. The van der Waals surface area contributed by atoms with Crippen molar-refractivity contribution >= 4 is 12.1 Å². The van der Waals surface area contributed by atoms with Gasteiger partial charge in [-0.15, -0.1) is 0 Å². The van der Waals surface area contributed by atoms with Crippen LogP contribution in [0.4, 0.5) is 4.79 Å². The van der Waals surface area contributed by atoms with Gasteiger partial charge in [0.15, 0.2) is 0 Å². The van der Waals surface area contributed by atoms with Gasteiger partial charge in [-0.05, 0) is 33.6 Å². The summed E-state index contributed by atoms with van der Waals surface area (Å²) in [7, 11) is 1.42. The van der Waals surface area contributed by atoms with E-state index >= 15 is 0 Å². The van der Waals surface area contributed by atoms with Gasteiger partial charge in [-0.1, -0.05) is 12.2 Å². The van der Waals surface area contributed by atoms with Gasteiger partial charge in [-0.2, -0.15) is 0 Å². The van der Waals surface area contributed by atoms with Gasteiger partial charge in [0.1, 0.15) is 5.60 Å². The predicted octanol–water partition coefficient (Wildman–Crippen LogP) is 2.02. The van der Waals surface area contributed by atoms with Crippen molar-refractivity contribution in [1.29, 1.82) is 0 Å². The van der Waals surface area contributed by atoms with E-state index in [4.69, 9.17) is 9.47 Å². The van der Waals surface area contributed by atoms with Crippen LogP contribution in [0.5, 0.6) is 0 Å². The van der Waals surface area contributed by atoms with Crippen molar-refractivity contribution in [3.63, 3.8) is 0 Å². The number of methoxy groups -OCH3 is 1. The van der Waals surface area contributed by atoms with Gasteiger partial charge >= 0.3 is 12.1 Å². The second-order valence-corrected chi connectivity index (χ2v) is 7.06. The highest BCUT2D eigenvalue weighted by Crippen LogP contribution is 2.73. The van der Waals surface area contributed by atoms with Crippen LogP contribution in [0.15, 0.2) is 12.2 Å². The minimum absolute atomic E-state index is 0.134. The van der Waals surface area contributed by atoms with Gasteiger partial charge in [-0.25, -0.2) is 4.79 Å². The van der Waals surface area contributed by atoms with Crippen LogP contribution in [0, 0.1) is 17.3 Å². The average molecular weight is 279 g/mol. The summed E-state index contributed by atoms with van der Waals surface area (Å²) >= 11 is 0. The molecule has 0 heterocycles. The van der Waals surface area contributed by atoms with Crippen LogP contribution in [0.3, 0.4) is 0 Å². The maximum Gasteiger partial charge on any atom is 0.408 e. The number of alkyl carbamates (subject to hydrolysis) is 1. The third-order valence-electron chi connectivity index (χ3n) is 4.81. The summed E-state index contributed by atoms with van der Waals surface area (Å²) in [6.45, 7) is 5.52. The number of carbonyl (C=O) groups is 2. The molecular weight excluding hydrogens is 258 g/mol. The number of hydrogen-bond donors (Lipinski definition) is 1. The Morgan fingerprint density at radius 2 is 2.00 bits per heavy atom. The van der Waals surface area contributed by atoms with Gasteiger partial charge in [0.05, 0.1) is 18.1 Å². The SMILES string of the molecule is COC(=O)C12C=CC3C1C3(NC(=O)OC(C)(C)C)CC2. The second kappa shape index (κ2) is 3.77. The highest BCUT2D eigenvalue weighted by atomic mass is 16.6. The zero-order valence-electron chi connectivity index (χ0n) is 12.4. The number of fused-ring (bicyclic) bond motifs is 1. The van der Waals surface area contributed by atoms with Crippen LogP contribution in [0.2, 0.25) is 0 Å². The zero-order valence-corrected chi connectivity index (χ0v) is 12.4. The molecule has 1 amide bonds. The first-order valence-corrected chi connectivity index (χ1v) is 7.04. The molecule has 0 aromatic rings. The largest absolute Gasteiger partial charge is 0.468 e. The lowest BCUT2D eigenvalue weighted by molar-refractivity contribution is -0.150. The molecule has 0 saturated heterocycles. The van der Waals surface area contributed by atoms with Crippen molar-refractivity contribution in [3.05, 3.63) is 12.2 Å². The summed E-state index contributed by atoms with van der Waals surface area (Å²) in [6.07, 6.45) is 5.14. The van der Waals surface area contributed by atoms with E-state index in [0.717, 1.165) is 12.8 Å². The number of nitrogens with one attached hydrogen (secondary N) is 1. The van der Waals surface area contributed by atoms with Gasteiger partial charge < -0.3 is 14.8 Å². The molecule has 3 rings (SSSR count). The normalized spacial score (nSPS) is 40.2. The molecule has 110 valence electrons. The van der Waals surface area contributed by atoms with Crippen LogP contribution in [-0.4, -0.2) is 30.3 Å². The highest BCUT2D eigenvalue weighted by Gasteiger charge is 2.80. The fourth-order valence-electron chi connectivity index (χ4n) is 4.09. The molecule has 4 unspecified atom stereocenters. The molecule has 0 aromatic heterocycles. The van der Waals surface area contributed by atoms with E-state index in [1.54, 1.807) is 0 Å². The van der Waals surface area contributed by atoms with E-state index in [1.807, 2.05) is 32.9 Å². The lowest BCUT2D eigenvalue weighted by Gasteiger charge is -2.23. The number of esters is 1. The molecule has 20 heavy (non-hydrogen) atoms. The molecule has 4 atom stereocenters. The standard InChI is InChI=1S/C15H21NO4/c1-13(2,3)20-12(18)16-15-8-7-14(11(17)19-4)6-5-9(15)10(14)15/h5-6,9-10H,7-8H2,1-4H3,(H,16,18). The Balaban J connectivity index is 1.74. The quantitative estimate of drug-likeness (QED) is 0.620. The van der Waals surface area contributed by atoms with Crippen LogP contribution >= 0.6 is 0 Å². The first kappa shape index (κ1) is 13.5. The Morgan fingerprint density at radius 3 is 2.60 bits per heavy atom. The van der Waals surface area contributed by atoms with E-state index in [-0.39, 0.29) is 23.3 Å². The molecule has 3 aliphatic carbocycles. The second-order valence-electron chi connectivity index (χ2n) is 7.06. The maximum atomic E-state index is 12.1. The Bertz CT molecular complexity index is 506. The molecule has 0 radical (unpaired) electrons. The molecule has 2 fully saturated rings. The lowest BCUT2D eigenvalue weighted by Crippen LogP contribution is -2.42. The van der Waals surface area contributed by atoms with Crippen LogP contribution in [-0.2, 0) is 14.3 Å². The topological polar surface area (TPSA) is 64.6 Å². The van der Waals surface area contributed by atoms with Crippen molar-refractivity contribution in [1.82, 2.24) is 5.32 Å². The predicted molar refractivity (Wildman–Crippen MR) is 71.9 cm³/mol. The minimum Gasteiger partial charge on any atom is -0.468 e. The highest BCUT2D eigenvalue weighted by molar-refractivity contribution is 5.84. The number of ether oxygens (including phenoxy) is 2. The first-order valence-electron chi connectivity index (χ1n) is 7.04. The van der Waals surface area contributed by atoms with Crippen LogP contribution < -0.4 is 5.32 Å². The fourth-order valence-corrected chi connectivity index (χ4v) is 4.09. The summed E-state index contributed by atoms with van der Waals surface area (Å²) in [5, 5.41) is 3.00. The molecule has 0 bridgehead atoms. The molecule has 3 aliphatic rings. The molecule has 5 nitrogen and oxygen atoms in total. The smallest absolute Gasteiger partial charge is 0.408 e. The third kappa shape index (κ3) is 1.61. The molecule has 0 aromatic carbocycles. The summed E-state index contributed by atoms with van der Waals surface area (Å²) < 4.78 is 10.3. The van der Waals surface area contributed by atoms with E-state index in [0.29, 0.717) is 0 Å². The summed E-state index contributed by atoms with van der Waals surface area (Å²) in [5.41, 5.74) is -1.35. The summed E-state index contributed by atoms with van der Waals surface area (Å²) in [5.74, 6) is 0.185. The number of hydrogen-bond acceptors (Lipinski definition) is 4. The Hall–Kier alpha value is -1.52. The van der Waals surface area contributed by atoms with E-state index in [1.165, 1.54) is 7.11 Å². The van der Waals surface area contributed by atoms with Crippen molar-refractivity contribution in [2.75, 3.05) is 7.11 Å². The Labute approximate surface area is 118 Å². The van der Waals surface area contributed by atoms with Crippen LogP contribution in [0.25, 0.3) is 0 Å². The zero-order chi connectivity index (χ0) is 14.8.